The first-order chi connectivity index (χ1) is 15.2. The highest BCUT2D eigenvalue weighted by Gasteiger charge is 2.34. The molecule has 1 aromatic rings. The molecule has 0 aliphatic heterocycles. The van der Waals surface area contributed by atoms with Crippen LogP contribution in [0.15, 0.2) is 12.1 Å². The Kier molecular flexibility index (Phi) is 8.64. The van der Waals surface area contributed by atoms with E-state index in [0.29, 0.717) is 25.0 Å². The predicted octanol–water partition coefficient (Wildman–Crippen LogP) is 5.65. The van der Waals surface area contributed by atoms with E-state index in [1.807, 2.05) is 26.0 Å². The molecule has 33 heavy (non-hydrogen) atoms. The number of carbonyl (C=O) groups excluding carboxylic acids is 2. The monoisotopic (exact) mass is 458 g/mol. The molecule has 0 aromatic heterocycles. The molecule has 5 nitrogen and oxygen atoms in total. The van der Waals surface area contributed by atoms with Crippen molar-refractivity contribution >= 4 is 11.8 Å². The molecule has 186 valence electrons. The molecule has 2 rings (SSSR count). The predicted molar refractivity (Wildman–Crippen MR) is 136 cm³/mol. The van der Waals surface area contributed by atoms with Crippen molar-refractivity contribution in [3.8, 4) is 5.75 Å². The standard InChI is InChI=1S/C28H46N2O3/c1-9-28(8,25(33)29-20-13-11-10-12-14-20)30-23(31)16-15-19-17-21(26(2,3)4)24(32)22(18-19)27(5,6)7/h17-18,20,32H,9-16H2,1-8H3,(H,29,33)(H,30,31)/t28-/m0/s1. The molecular formula is C28H46N2O3. The minimum absolute atomic E-state index is 0.0834. The van der Waals surface area contributed by atoms with Crippen LogP contribution in [0.3, 0.4) is 0 Å². The van der Waals surface area contributed by atoms with Crippen LogP contribution >= 0.6 is 0 Å². The van der Waals surface area contributed by atoms with E-state index in [2.05, 4.69) is 52.2 Å². The summed E-state index contributed by atoms with van der Waals surface area (Å²) in [5.74, 6) is 0.141. The largest absolute Gasteiger partial charge is 0.507 e. The Bertz CT molecular complexity index is 807. The van der Waals surface area contributed by atoms with Gasteiger partial charge in [-0.05, 0) is 60.1 Å². The van der Waals surface area contributed by atoms with E-state index in [1.54, 1.807) is 0 Å². The third-order valence-electron chi connectivity index (χ3n) is 6.99. The molecule has 1 aliphatic rings. The lowest BCUT2D eigenvalue weighted by atomic mass is 9.78. The molecule has 0 spiro atoms. The Morgan fingerprint density at radius 2 is 1.45 bits per heavy atom. The second-order valence-electron chi connectivity index (χ2n) is 12.1. The van der Waals surface area contributed by atoms with Gasteiger partial charge in [-0.15, -0.1) is 0 Å². The molecule has 1 saturated carbocycles. The Morgan fingerprint density at radius 3 is 1.91 bits per heavy atom. The van der Waals surface area contributed by atoms with E-state index >= 15 is 0 Å². The summed E-state index contributed by atoms with van der Waals surface area (Å²) in [4.78, 5) is 25.8. The normalized spacial score (nSPS) is 17.3. The zero-order valence-electron chi connectivity index (χ0n) is 22.2. The van der Waals surface area contributed by atoms with Crippen molar-refractivity contribution in [2.24, 2.45) is 0 Å². The quantitative estimate of drug-likeness (QED) is 0.494. The average molecular weight is 459 g/mol. The Hall–Kier alpha value is -2.04. The first-order valence-electron chi connectivity index (χ1n) is 12.7. The molecule has 5 heteroatoms. The molecule has 0 heterocycles. The third kappa shape index (κ3) is 7.22. The van der Waals surface area contributed by atoms with Crippen molar-refractivity contribution in [3.05, 3.63) is 28.8 Å². The molecule has 3 N–H and O–H groups in total. The number of aromatic hydroxyl groups is 1. The van der Waals surface area contributed by atoms with Gasteiger partial charge in [0, 0.05) is 12.5 Å². The van der Waals surface area contributed by atoms with Crippen LogP contribution in [-0.4, -0.2) is 28.5 Å². The summed E-state index contributed by atoms with van der Waals surface area (Å²) in [5, 5.41) is 17.1. The lowest BCUT2D eigenvalue weighted by Crippen LogP contribution is -2.58. The van der Waals surface area contributed by atoms with Gasteiger partial charge in [0.15, 0.2) is 0 Å². The van der Waals surface area contributed by atoms with Crippen LogP contribution < -0.4 is 10.6 Å². The average Bonchev–Trinajstić information content (AvgIpc) is 2.71. The van der Waals surface area contributed by atoms with Crippen molar-refractivity contribution in [2.45, 2.75) is 129 Å². The summed E-state index contributed by atoms with van der Waals surface area (Å²) < 4.78 is 0. The number of nitrogens with one attached hydrogen (secondary N) is 2. The summed E-state index contributed by atoms with van der Waals surface area (Å²) in [6, 6.07) is 4.26. The molecule has 0 bridgehead atoms. The summed E-state index contributed by atoms with van der Waals surface area (Å²) >= 11 is 0. The summed E-state index contributed by atoms with van der Waals surface area (Å²) in [5.41, 5.74) is 1.51. The van der Waals surface area contributed by atoms with Gasteiger partial charge in [-0.2, -0.15) is 0 Å². The van der Waals surface area contributed by atoms with Gasteiger partial charge >= 0.3 is 0 Å². The van der Waals surface area contributed by atoms with Crippen LogP contribution in [0.5, 0.6) is 5.75 Å². The molecule has 1 aromatic carbocycles. The molecule has 0 radical (unpaired) electrons. The smallest absolute Gasteiger partial charge is 0.245 e. The van der Waals surface area contributed by atoms with E-state index in [-0.39, 0.29) is 28.7 Å². The number of aryl methyl sites for hydroxylation is 1. The number of hydrogen-bond donors (Lipinski definition) is 3. The van der Waals surface area contributed by atoms with Gasteiger partial charge in [0.2, 0.25) is 11.8 Å². The third-order valence-corrected chi connectivity index (χ3v) is 6.99. The van der Waals surface area contributed by atoms with Crippen molar-refractivity contribution in [1.29, 1.82) is 0 Å². The summed E-state index contributed by atoms with van der Waals surface area (Å²) in [6.07, 6.45) is 6.98. The number of carbonyl (C=O) groups is 2. The van der Waals surface area contributed by atoms with Crippen molar-refractivity contribution in [1.82, 2.24) is 10.6 Å². The van der Waals surface area contributed by atoms with Crippen LogP contribution in [-0.2, 0) is 26.8 Å². The highest BCUT2D eigenvalue weighted by Crippen LogP contribution is 2.40. The minimum Gasteiger partial charge on any atom is -0.507 e. The number of hydrogen-bond acceptors (Lipinski definition) is 3. The molecule has 1 atom stereocenters. The first-order valence-corrected chi connectivity index (χ1v) is 12.7. The van der Waals surface area contributed by atoms with Crippen molar-refractivity contribution in [3.63, 3.8) is 0 Å². The fourth-order valence-electron chi connectivity index (χ4n) is 4.51. The van der Waals surface area contributed by atoms with Crippen LogP contribution in [0, 0.1) is 0 Å². The van der Waals surface area contributed by atoms with Crippen LogP contribution in [0.2, 0.25) is 0 Å². The molecule has 0 unspecified atom stereocenters. The number of rotatable bonds is 7. The Balaban J connectivity index is 2.11. The van der Waals surface area contributed by atoms with E-state index in [9.17, 15) is 14.7 Å². The van der Waals surface area contributed by atoms with Crippen LogP contribution in [0.1, 0.15) is 117 Å². The molecule has 1 fully saturated rings. The summed E-state index contributed by atoms with van der Waals surface area (Å²) in [7, 11) is 0. The van der Waals surface area contributed by atoms with Crippen LogP contribution in [0.4, 0.5) is 0 Å². The number of benzene rings is 1. The van der Waals surface area contributed by atoms with E-state index in [4.69, 9.17) is 0 Å². The van der Waals surface area contributed by atoms with Crippen molar-refractivity contribution in [2.75, 3.05) is 0 Å². The summed E-state index contributed by atoms with van der Waals surface area (Å²) in [6.45, 7) is 16.3. The van der Waals surface area contributed by atoms with Crippen molar-refractivity contribution < 1.29 is 14.7 Å². The number of phenolic OH excluding ortho intramolecular Hbond substituents is 1. The molecule has 2 amide bonds. The number of phenols is 1. The van der Waals surface area contributed by atoms with Gasteiger partial charge < -0.3 is 15.7 Å². The fraction of sp³-hybridized carbons (Fsp3) is 0.714. The minimum atomic E-state index is -0.906. The van der Waals surface area contributed by atoms with Gasteiger partial charge in [0.25, 0.3) is 0 Å². The second kappa shape index (κ2) is 10.5. The highest BCUT2D eigenvalue weighted by atomic mass is 16.3. The Labute approximate surface area is 201 Å². The van der Waals surface area contributed by atoms with Gasteiger partial charge in [-0.25, -0.2) is 0 Å². The van der Waals surface area contributed by atoms with E-state index in [1.165, 1.54) is 6.42 Å². The first kappa shape index (κ1) is 27.2. The molecule has 0 saturated heterocycles. The maximum atomic E-state index is 13.0. The maximum Gasteiger partial charge on any atom is 0.245 e. The fourth-order valence-corrected chi connectivity index (χ4v) is 4.51. The lowest BCUT2D eigenvalue weighted by Gasteiger charge is -2.32. The maximum absolute atomic E-state index is 13.0. The lowest BCUT2D eigenvalue weighted by molar-refractivity contribution is -0.133. The highest BCUT2D eigenvalue weighted by molar-refractivity contribution is 5.91. The van der Waals surface area contributed by atoms with Gasteiger partial charge in [0.1, 0.15) is 11.3 Å². The Morgan fingerprint density at radius 1 is 0.939 bits per heavy atom. The van der Waals surface area contributed by atoms with Gasteiger partial charge in [0.05, 0.1) is 0 Å². The topological polar surface area (TPSA) is 78.4 Å². The van der Waals surface area contributed by atoms with Gasteiger partial charge in [-0.1, -0.05) is 79.9 Å². The van der Waals surface area contributed by atoms with Crippen LogP contribution in [0.25, 0.3) is 0 Å². The molecular weight excluding hydrogens is 412 g/mol. The number of amides is 2. The van der Waals surface area contributed by atoms with Gasteiger partial charge in [-0.3, -0.25) is 9.59 Å². The molecule has 1 aliphatic carbocycles. The SMILES string of the molecule is CC[C@](C)(NC(=O)CCc1cc(C(C)(C)C)c(O)c(C(C)(C)C)c1)C(=O)NC1CCCCC1. The van der Waals surface area contributed by atoms with E-state index in [0.717, 1.165) is 42.4 Å². The van der Waals surface area contributed by atoms with E-state index < -0.39 is 5.54 Å². The zero-order chi connectivity index (χ0) is 25.0. The second-order valence-corrected chi connectivity index (χ2v) is 12.1. The zero-order valence-corrected chi connectivity index (χ0v) is 22.2.